The van der Waals surface area contributed by atoms with Gasteiger partial charge in [0.15, 0.2) is 0 Å². The number of nitrogens with zero attached hydrogens (tertiary/aromatic N) is 3. The Labute approximate surface area is 155 Å². The maximum Gasteiger partial charge on any atom is 0.0900 e. The lowest BCUT2D eigenvalue weighted by atomic mass is 10.0. The predicted molar refractivity (Wildman–Crippen MR) is 110 cm³/mol. The predicted octanol–water partition coefficient (Wildman–Crippen LogP) is 5.50. The minimum absolute atomic E-state index is 0.717. The average molecular weight is 341 g/mol. The first kappa shape index (κ1) is 17.7. The molecule has 0 aliphatic carbocycles. The van der Waals surface area contributed by atoms with Crippen molar-refractivity contribution in [1.82, 2.24) is 9.97 Å². The highest BCUT2D eigenvalue weighted by Crippen LogP contribution is 2.26. The molecule has 3 aromatic rings. The van der Waals surface area contributed by atoms with Crippen molar-refractivity contribution in [2.45, 2.75) is 20.8 Å². The summed E-state index contributed by atoms with van der Waals surface area (Å²) in [5, 5.41) is 0. The van der Waals surface area contributed by atoms with E-state index in [0.29, 0.717) is 0 Å². The van der Waals surface area contributed by atoms with Gasteiger partial charge in [-0.2, -0.15) is 0 Å². The molecule has 0 fully saturated rings. The van der Waals surface area contributed by atoms with E-state index in [2.05, 4.69) is 53.3 Å². The number of aliphatic imine (C=N–C) groups is 1. The Morgan fingerprint density at radius 2 is 1.81 bits per heavy atom. The van der Waals surface area contributed by atoms with Crippen molar-refractivity contribution in [1.29, 1.82) is 0 Å². The van der Waals surface area contributed by atoms with Crippen molar-refractivity contribution in [3.63, 3.8) is 0 Å². The van der Waals surface area contributed by atoms with Crippen LogP contribution in [0.15, 0.2) is 77.9 Å². The van der Waals surface area contributed by atoms with E-state index in [1.165, 1.54) is 5.56 Å². The summed E-state index contributed by atoms with van der Waals surface area (Å²) < 4.78 is 0. The van der Waals surface area contributed by atoms with Gasteiger partial charge in [-0.3, -0.25) is 9.98 Å². The number of allylic oxidation sites excluding steroid dienone is 2. The second-order valence-electron chi connectivity index (χ2n) is 6.07. The maximum atomic E-state index is 4.84. The zero-order chi connectivity index (χ0) is 18.4. The molecule has 0 radical (unpaired) electrons. The van der Waals surface area contributed by atoms with Gasteiger partial charge < -0.3 is 0 Å². The van der Waals surface area contributed by atoms with Crippen LogP contribution < -0.4 is 0 Å². The summed E-state index contributed by atoms with van der Waals surface area (Å²) in [5.74, 6) is 0. The van der Waals surface area contributed by atoms with Crippen LogP contribution in [0.25, 0.3) is 22.5 Å². The van der Waals surface area contributed by atoms with Crippen LogP contribution >= 0.6 is 0 Å². The number of hydrogen-bond donors (Lipinski definition) is 0. The van der Waals surface area contributed by atoms with E-state index in [-0.39, 0.29) is 0 Å². The minimum Gasteiger partial charge on any atom is -0.283 e. The molecule has 3 nitrogen and oxygen atoms in total. The Bertz CT molecular complexity index is 923. The summed E-state index contributed by atoms with van der Waals surface area (Å²) in [4.78, 5) is 13.9. The summed E-state index contributed by atoms with van der Waals surface area (Å²) in [6.07, 6.45) is 5.80. The molecular weight excluding hydrogens is 318 g/mol. The van der Waals surface area contributed by atoms with Crippen LogP contribution in [0.2, 0.25) is 0 Å². The minimum atomic E-state index is 0.717. The molecule has 1 aromatic carbocycles. The molecule has 0 spiro atoms. The van der Waals surface area contributed by atoms with Crippen LogP contribution in [-0.2, 0) is 0 Å². The summed E-state index contributed by atoms with van der Waals surface area (Å²) in [6, 6.07) is 18.6. The molecule has 130 valence electrons. The molecule has 3 heteroatoms. The fourth-order valence-corrected chi connectivity index (χ4v) is 2.77. The standard InChI is InChI=1S/C23H23N3/c1-4-8-20(24-5-2)22-15-19(18-12-10-17(3)11-13-18)16-23(26-22)21-9-6-7-14-25-21/h4,6-16H,5H2,1-3H3/b8-4-,24-20?. The van der Waals surface area contributed by atoms with Gasteiger partial charge in [0, 0.05) is 12.7 Å². The van der Waals surface area contributed by atoms with Crippen LogP contribution in [0.1, 0.15) is 25.1 Å². The third-order valence-corrected chi connectivity index (χ3v) is 4.05. The topological polar surface area (TPSA) is 38.1 Å². The molecule has 2 heterocycles. The van der Waals surface area contributed by atoms with E-state index in [0.717, 1.165) is 40.5 Å². The van der Waals surface area contributed by atoms with E-state index in [4.69, 9.17) is 4.98 Å². The smallest absolute Gasteiger partial charge is 0.0900 e. The maximum absolute atomic E-state index is 4.84. The Morgan fingerprint density at radius 3 is 2.46 bits per heavy atom. The van der Waals surface area contributed by atoms with Gasteiger partial charge in [-0.15, -0.1) is 0 Å². The van der Waals surface area contributed by atoms with Crippen molar-refractivity contribution in [2.75, 3.05) is 6.54 Å². The zero-order valence-electron chi connectivity index (χ0n) is 15.5. The van der Waals surface area contributed by atoms with E-state index < -0.39 is 0 Å². The van der Waals surface area contributed by atoms with Crippen LogP contribution in [0, 0.1) is 6.92 Å². The molecule has 0 saturated heterocycles. The monoisotopic (exact) mass is 341 g/mol. The third-order valence-electron chi connectivity index (χ3n) is 4.05. The Hall–Kier alpha value is -3.07. The molecular formula is C23H23N3. The molecule has 2 aromatic heterocycles. The van der Waals surface area contributed by atoms with Gasteiger partial charge >= 0.3 is 0 Å². The molecule has 0 N–H and O–H groups in total. The average Bonchev–Trinajstić information content (AvgIpc) is 2.69. The summed E-state index contributed by atoms with van der Waals surface area (Å²) in [6.45, 7) is 6.84. The fraction of sp³-hybridized carbons (Fsp3) is 0.174. The highest BCUT2D eigenvalue weighted by molar-refractivity contribution is 6.08. The van der Waals surface area contributed by atoms with E-state index in [1.807, 2.05) is 44.2 Å². The fourth-order valence-electron chi connectivity index (χ4n) is 2.77. The van der Waals surface area contributed by atoms with Crippen LogP contribution in [-0.4, -0.2) is 22.2 Å². The number of aryl methyl sites for hydroxylation is 1. The van der Waals surface area contributed by atoms with E-state index >= 15 is 0 Å². The Kier molecular flexibility index (Phi) is 5.69. The first-order chi connectivity index (χ1) is 12.7. The van der Waals surface area contributed by atoms with Crippen LogP contribution in [0.3, 0.4) is 0 Å². The van der Waals surface area contributed by atoms with Crippen LogP contribution in [0.4, 0.5) is 0 Å². The molecule has 0 saturated carbocycles. The van der Waals surface area contributed by atoms with Gasteiger partial charge in [-0.1, -0.05) is 42.0 Å². The number of pyridine rings is 2. The van der Waals surface area contributed by atoms with Crippen molar-refractivity contribution < 1.29 is 0 Å². The molecule has 0 amide bonds. The second-order valence-corrected chi connectivity index (χ2v) is 6.07. The lowest BCUT2D eigenvalue weighted by Crippen LogP contribution is -2.04. The van der Waals surface area contributed by atoms with Crippen molar-refractivity contribution >= 4 is 5.71 Å². The highest BCUT2D eigenvalue weighted by atomic mass is 14.8. The van der Waals surface area contributed by atoms with Crippen LogP contribution in [0.5, 0.6) is 0 Å². The van der Waals surface area contributed by atoms with Gasteiger partial charge in [0.1, 0.15) is 0 Å². The van der Waals surface area contributed by atoms with Crippen molar-refractivity contribution in [3.8, 4) is 22.5 Å². The van der Waals surface area contributed by atoms with Gasteiger partial charge in [0.2, 0.25) is 0 Å². The quantitative estimate of drug-likeness (QED) is 0.574. The molecule has 0 atom stereocenters. The molecule has 0 aliphatic heterocycles. The number of aromatic nitrogens is 2. The van der Waals surface area contributed by atoms with Gasteiger partial charge in [-0.25, -0.2) is 4.98 Å². The largest absolute Gasteiger partial charge is 0.283 e. The summed E-state index contributed by atoms with van der Waals surface area (Å²) in [5.41, 5.74) is 6.99. The summed E-state index contributed by atoms with van der Waals surface area (Å²) >= 11 is 0. The molecule has 3 rings (SSSR count). The van der Waals surface area contributed by atoms with Gasteiger partial charge in [-0.05, 0) is 62.2 Å². The second kappa shape index (κ2) is 8.34. The van der Waals surface area contributed by atoms with Crippen molar-refractivity contribution in [2.24, 2.45) is 4.99 Å². The number of benzene rings is 1. The SMILES string of the molecule is C/C=C\C(=NCC)c1cc(-c2ccc(C)cc2)cc(-c2ccccn2)n1. The zero-order valence-corrected chi connectivity index (χ0v) is 15.5. The van der Waals surface area contributed by atoms with E-state index in [1.54, 1.807) is 6.20 Å². The van der Waals surface area contributed by atoms with Crippen molar-refractivity contribution in [3.05, 3.63) is 84.2 Å². The molecule has 26 heavy (non-hydrogen) atoms. The highest BCUT2D eigenvalue weighted by Gasteiger charge is 2.10. The molecule has 0 bridgehead atoms. The summed E-state index contributed by atoms with van der Waals surface area (Å²) in [7, 11) is 0. The Morgan fingerprint density at radius 1 is 1.00 bits per heavy atom. The first-order valence-corrected chi connectivity index (χ1v) is 8.89. The number of hydrogen-bond acceptors (Lipinski definition) is 3. The normalized spacial score (nSPS) is 11.9. The molecule has 0 aliphatic rings. The van der Waals surface area contributed by atoms with Gasteiger partial charge in [0.25, 0.3) is 0 Å². The third kappa shape index (κ3) is 4.12. The first-order valence-electron chi connectivity index (χ1n) is 8.89. The van der Waals surface area contributed by atoms with E-state index in [9.17, 15) is 0 Å². The lowest BCUT2D eigenvalue weighted by Gasteiger charge is -2.10. The molecule has 0 unspecified atom stereocenters. The Balaban J connectivity index is 2.19. The van der Waals surface area contributed by atoms with Gasteiger partial charge in [0.05, 0.1) is 22.8 Å². The lowest BCUT2D eigenvalue weighted by molar-refractivity contribution is 1.12. The number of rotatable bonds is 5.